The average Bonchev–Trinajstić information content (AvgIpc) is 2.87. The molecule has 2 rings (SSSR count). The topological polar surface area (TPSA) is 107 Å². The van der Waals surface area contributed by atoms with E-state index in [0.29, 0.717) is 18.7 Å². The maximum Gasteiger partial charge on any atom is 0.326 e. The van der Waals surface area contributed by atoms with Crippen LogP contribution in [0.25, 0.3) is 0 Å². The Morgan fingerprint density at radius 1 is 1.58 bits per heavy atom. The van der Waals surface area contributed by atoms with Crippen LogP contribution in [0.5, 0.6) is 0 Å². The predicted molar refractivity (Wildman–Crippen MR) is 65.8 cm³/mol. The lowest BCUT2D eigenvalue weighted by Gasteiger charge is -2.24. The number of nitro groups is 1. The third kappa shape index (κ3) is 2.33. The molecule has 7 heteroatoms. The monoisotopic (exact) mass is 261 g/mol. The minimum absolute atomic E-state index is 0.127. The van der Waals surface area contributed by atoms with Crippen LogP contribution in [0, 0.1) is 21.4 Å². The number of nitriles is 1. The Bertz CT molecular complexity index is 579. The zero-order valence-corrected chi connectivity index (χ0v) is 9.94. The van der Waals surface area contributed by atoms with Crippen LogP contribution in [0.4, 0.5) is 11.4 Å². The number of carboxylic acid groups (broad SMARTS) is 1. The van der Waals surface area contributed by atoms with Crippen LogP contribution >= 0.6 is 0 Å². The number of aliphatic carboxylic acids is 1. The number of rotatable bonds is 3. The van der Waals surface area contributed by atoms with Crippen molar-refractivity contribution in [2.75, 3.05) is 11.4 Å². The zero-order chi connectivity index (χ0) is 14.0. The van der Waals surface area contributed by atoms with E-state index in [1.807, 2.05) is 6.07 Å². The van der Waals surface area contributed by atoms with E-state index in [9.17, 15) is 14.9 Å². The normalized spacial score (nSPS) is 18.1. The Hall–Kier alpha value is -2.62. The van der Waals surface area contributed by atoms with Gasteiger partial charge in [-0.2, -0.15) is 5.26 Å². The molecule has 1 aromatic carbocycles. The van der Waals surface area contributed by atoms with E-state index >= 15 is 0 Å². The maximum absolute atomic E-state index is 11.1. The van der Waals surface area contributed by atoms with Gasteiger partial charge < -0.3 is 10.0 Å². The van der Waals surface area contributed by atoms with Crippen LogP contribution in [0.3, 0.4) is 0 Å². The molecule has 1 N–H and O–H groups in total. The van der Waals surface area contributed by atoms with Crippen molar-refractivity contribution in [3.05, 3.63) is 33.9 Å². The number of benzene rings is 1. The number of non-ortho nitro benzene ring substituents is 1. The molecule has 0 spiro atoms. The third-order valence-electron chi connectivity index (χ3n) is 3.16. The molecule has 0 aromatic heterocycles. The lowest BCUT2D eigenvalue weighted by molar-refractivity contribution is -0.384. The van der Waals surface area contributed by atoms with E-state index in [-0.39, 0.29) is 11.3 Å². The van der Waals surface area contributed by atoms with Gasteiger partial charge in [0.25, 0.3) is 5.69 Å². The smallest absolute Gasteiger partial charge is 0.326 e. The summed E-state index contributed by atoms with van der Waals surface area (Å²) in [6.07, 6.45) is 1.23. The summed E-state index contributed by atoms with van der Waals surface area (Å²) in [6, 6.07) is 5.12. The van der Waals surface area contributed by atoms with E-state index in [1.165, 1.54) is 18.2 Å². The van der Waals surface area contributed by atoms with Gasteiger partial charge in [-0.3, -0.25) is 10.1 Å². The SMILES string of the molecule is N#Cc1cc([N+](=O)[O-])ccc1N1CCCC1C(=O)O. The van der Waals surface area contributed by atoms with Gasteiger partial charge in [-0.25, -0.2) is 4.79 Å². The van der Waals surface area contributed by atoms with Gasteiger partial charge in [0.05, 0.1) is 16.2 Å². The van der Waals surface area contributed by atoms with Gasteiger partial charge in [0, 0.05) is 18.7 Å². The number of hydrogen-bond acceptors (Lipinski definition) is 5. The van der Waals surface area contributed by atoms with Crippen molar-refractivity contribution in [1.82, 2.24) is 0 Å². The number of nitrogens with zero attached hydrogens (tertiary/aromatic N) is 3. The van der Waals surface area contributed by atoms with Crippen molar-refractivity contribution in [2.24, 2.45) is 0 Å². The molecule has 1 aliphatic rings. The van der Waals surface area contributed by atoms with Gasteiger partial charge in [-0.15, -0.1) is 0 Å². The third-order valence-corrected chi connectivity index (χ3v) is 3.16. The Morgan fingerprint density at radius 2 is 2.32 bits per heavy atom. The van der Waals surface area contributed by atoms with E-state index in [0.717, 1.165) is 6.42 Å². The van der Waals surface area contributed by atoms with Crippen LogP contribution in [0.2, 0.25) is 0 Å². The lowest BCUT2D eigenvalue weighted by Crippen LogP contribution is -2.36. The molecular formula is C12H11N3O4. The summed E-state index contributed by atoms with van der Waals surface area (Å²) >= 11 is 0. The average molecular weight is 261 g/mol. The summed E-state index contributed by atoms with van der Waals surface area (Å²) in [5, 5.41) is 28.8. The van der Waals surface area contributed by atoms with Crippen molar-refractivity contribution in [3.63, 3.8) is 0 Å². The van der Waals surface area contributed by atoms with Crippen molar-refractivity contribution in [2.45, 2.75) is 18.9 Å². The molecule has 1 aliphatic heterocycles. The molecule has 0 saturated carbocycles. The van der Waals surface area contributed by atoms with E-state index in [4.69, 9.17) is 10.4 Å². The highest BCUT2D eigenvalue weighted by atomic mass is 16.6. The highest BCUT2D eigenvalue weighted by molar-refractivity contribution is 5.80. The highest BCUT2D eigenvalue weighted by Crippen LogP contribution is 2.30. The van der Waals surface area contributed by atoms with Gasteiger partial charge >= 0.3 is 5.97 Å². The number of nitro benzene ring substituents is 1. The lowest BCUT2D eigenvalue weighted by atomic mass is 10.1. The van der Waals surface area contributed by atoms with Crippen LogP contribution < -0.4 is 4.90 Å². The molecule has 19 heavy (non-hydrogen) atoms. The second kappa shape index (κ2) is 4.94. The Kier molecular flexibility index (Phi) is 3.33. The minimum atomic E-state index is -0.945. The van der Waals surface area contributed by atoms with Gasteiger partial charge in [0.15, 0.2) is 0 Å². The molecule has 1 aromatic rings. The fraction of sp³-hybridized carbons (Fsp3) is 0.333. The highest BCUT2D eigenvalue weighted by Gasteiger charge is 2.32. The first kappa shape index (κ1) is 12.8. The number of anilines is 1. The molecule has 0 aliphatic carbocycles. The molecular weight excluding hydrogens is 250 g/mol. The first-order valence-electron chi connectivity index (χ1n) is 5.72. The van der Waals surface area contributed by atoms with E-state index in [1.54, 1.807) is 4.90 Å². The fourth-order valence-corrected chi connectivity index (χ4v) is 2.29. The van der Waals surface area contributed by atoms with Gasteiger partial charge in [-0.05, 0) is 18.9 Å². The van der Waals surface area contributed by atoms with Gasteiger partial charge in [0.2, 0.25) is 0 Å². The molecule has 0 radical (unpaired) electrons. The van der Waals surface area contributed by atoms with E-state index in [2.05, 4.69) is 0 Å². The maximum atomic E-state index is 11.1. The van der Waals surface area contributed by atoms with Crippen LogP contribution in [0.1, 0.15) is 18.4 Å². The van der Waals surface area contributed by atoms with Gasteiger partial charge in [-0.1, -0.05) is 0 Å². The summed E-state index contributed by atoms with van der Waals surface area (Å²) in [6.45, 7) is 0.531. The Balaban J connectivity index is 2.42. The molecule has 1 heterocycles. The van der Waals surface area contributed by atoms with Crippen molar-refractivity contribution >= 4 is 17.3 Å². The second-order valence-electron chi connectivity index (χ2n) is 4.26. The minimum Gasteiger partial charge on any atom is -0.480 e. The molecule has 0 bridgehead atoms. The van der Waals surface area contributed by atoms with Gasteiger partial charge in [0.1, 0.15) is 12.1 Å². The van der Waals surface area contributed by atoms with E-state index < -0.39 is 16.9 Å². The summed E-state index contributed by atoms with van der Waals surface area (Å²) in [5.41, 5.74) is 0.395. The van der Waals surface area contributed by atoms with Crippen molar-refractivity contribution < 1.29 is 14.8 Å². The first-order chi connectivity index (χ1) is 9.04. The fourth-order valence-electron chi connectivity index (χ4n) is 2.29. The van der Waals surface area contributed by atoms with Crippen molar-refractivity contribution in [1.29, 1.82) is 5.26 Å². The molecule has 1 atom stereocenters. The molecule has 0 amide bonds. The van der Waals surface area contributed by atoms with Crippen LogP contribution in [-0.2, 0) is 4.79 Å². The molecule has 1 unspecified atom stereocenters. The standard InChI is InChI=1S/C12H11N3O4/c13-7-8-6-9(15(18)19)3-4-10(8)14-5-1-2-11(14)12(16)17/h3-4,6,11H,1-2,5H2,(H,16,17). The number of carboxylic acids is 1. The Morgan fingerprint density at radius 3 is 2.89 bits per heavy atom. The largest absolute Gasteiger partial charge is 0.480 e. The molecule has 1 fully saturated rings. The molecule has 7 nitrogen and oxygen atoms in total. The number of carbonyl (C=O) groups is 1. The molecule has 98 valence electrons. The number of hydrogen-bond donors (Lipinski definition) is 1. The van der Waals surface area contributed by atoms with Crippen LogP contribution in [0.15, 0.2) is 18.2 Å². The predicted octanol–water partition coefficient (Wildman–Crippen LogP) is 1.52. The van der Waals surface area contributed by atoms with Crippen LogP contribution in [-0.4, -0.2) is 28.6 Å². The first-order valence-corrected chi connectivity index (χ1v) is 5.72. The summed E-state index contributed by atoms with van der Waals surface area (Å²) in [7, 11) is 0. The molecule has 1 saturated heterocycles. The summed E-state index contributed by atoms with van der Waals surface area (Å²) in [5.74, 6) is -0.945. The summed E-state index contributed by atoms with van der Waals surface area (Å²) < 4.78 is 0. The van der Waals surface area contributed by atoms with Crippen molar-refractivity contribution in [3.8, 4) is 6.07 Å². The zero-order valence-electron chi connectivity index (χ0n) is 9.94. The Labute approximate surface area is 108 Å². The quantitative estimate of drug-likeness (QED) is 0.652. The second-order valence-corrected chi connectivity index (χ2v) is 4.26. The summed E-state index contributed by atoms with van der Waals surface area (Å²) in [4.78, 5) is 22.8.